The number of furan rings is 1. The third-order valence-corrected chi connectivity index (χ3v) is 3.57. The first-order chi connectivity index (χ1) is 10.2. The Hall–Kier alpha value is -1.68. The third kappa shape index (κ3) is 3.70. The van der Waals surface area contributed by atoms with E-state index in [4.69, 9.17) is 4.42 Å². The topological polar surface area (TPSA) is 25.2 Å². The highest BCUT2D eigenvalue weighted by Gasteiger charge is 2.19. The van der Waals surface area contributed by atoms with Gasteiger partial charge in [0.05, 0.1) is 6.26 Å². The van der Waals surface area contributed by atoms with Crippen molar-refractivity contribution in [2.45, 2.75) is 39.2 Å². The van der Waals surface area contributed by atoms with Crippen molar-refractivity contribution in [1.82, 2.24) is 5.32 Å². The molecule has 0 radical (unpaired) electrons. The number of nitrogens with one attached hydrogen (secondary N) is 1. The quantitative estimate of drug-likeness (QED) is 0.818. The van der Waals surface area contributed by atoms with E-state index in [-0.39, 0.29) is 6.04 Å². The lowest BCUT2D eigenvalue weighted by atomic mass is 9.97. The maximum Gasteiger partial charge on any atom is 0.162 e. The third-order valence-electron chi connectivity index (χ3n) is 3.57. The van der Waals surface area contributed by atoms with Crippen LogP contribution in [0.3, 0.4) is 0 Å². The van der Waals surface area contributed by atoms with Crippen molar-refractivity contribution in [3.63, 3.8) is 0 Å². The van der Waals surface area contributed by atoms with Crippen LogP contribution in [0.5, 0.6) is 0 Å². The summed E-state index contributed by atoms with van der Waals surface area (Å²) in [6, 6.07) is 6.15. The average Bonchev–Trinajstić information content (AvgIpc) is 2.96. The molecule has 1 heterocycles. The highest BCUT2D eigenvalue weighted by Crippen LogP contribution is 2.25. The number of hydrogen-bond acceptors (Lipinski definition) is 2. The molecule has 2 nitrogen and oxygen atoms in total. The first-order valence-corrected chi connectivity index (χ1v) is 7.39. The van der Waals surface area contributed by atoms with Crippen LogP contribution in [0, 0.1) is 11.6 Å². The molecular formula is C17H21F2NO. The summed E-state index contributed by atoms with van der Waals surface area (Å²) in [6.45, 7) is 4.90. The second-order valence-electron chi connectivity index (χ2n) is 5.08. The first kappa shape index (κ1) is 15.7. The average molecular weight is 293 g/mol. The van der Waals surface area contributed by atoms with Crippen molar-refractivity contribution < 1.29 is 13.2 Å². The van der Waals surface area contributed by atoms with Gasteiger partial charge in [-0.3, -0.25) is 0 Å². The van der Waals surface area contributed by atoms with Crippen LogP contribution in [-0.2, 0) is 12.8 Å². The normalized spacial score (nSPS) is 12.6. The SMILES string of the molecule is CCCNC(Cc1cccc(F)c1F)c1ccoc1CC. The summed E-state index contributed by atoms with van der Waals surface area (Å²) in [5.41, 5.74) is 1.40. The van der Waals surface area contributed by atoms with Gasteiger partial charge in [-0.1, -0.05) is 26.0 Å². The van der Waals surface area contributed by atoms with Gasteiger partial charge in [-0.25, -0.2) is 8.78 Å². The van der Waals surface area contributed by atoms with Gasteiger partial charge in [0.15, 0.2) is 11.6 Å². The molecule has 0 aliphatic rings. The molecule has 2 aromatic rings. The molecule has 1 aromatic heterocycles. The van der Waals surface area contributed by atoms with E-state index < -0.39 is 11.6 Å². The molecule has 0 saturated heterocycles. The van der Waals surface area contributed by atoms with Crippen molar-refractivity contribution in [3.8, 4) is 0 Å². The zero-order valence-electron chi connectivity index (χ0n) is 12.5. The molecule has 0 bridgehead atoms. The van der Waals surface area contributed by atoms with Crippen molar-refractivity contribution in [1.29, 1.82) is 0 Å². The second kappa shape index (κ2) is 7.36. The molecule has 0 amide bonds. The van der Waals surface area contributed by atoms with Gasteiger partial charge in [0.25, 0.3) is 0 Å². The van der Waals surface area contributed by atoms with E-state index in [1.54, 1.807) is 18.4 Å². The Morgan fingerprint density at radius 1 is 1.19 bits per heavy atom. The fraction of sp³-hybridized carbons (Fsp3) is 0.412. The van der Waals surface area contributed by atoms with Crippen molar-refractivity contribution in [2.75, 3.05) is 6.54 Å². The largest absolute Gasteiger partial charge is 0.469 e. The molecule has 1 unspecified atom stereocenters. The van der Waals surface area contributed by atoms with Crippen LogP contribution in [-0.4, -0.2) is 6.54 Å². The molecule has 114 valence electrons. The summed E-state index contributed by atoms with van der Waals surface area (Å²) in [6.07, 6.45) is 3.80. The van der Waals surface area contributed by atoms with Gasteiger partial charge in [-0.05, 0) is 37.1 Å². The lowest BCUT2D eigenvalue weighted by Gasteiger charge is -2.19. The summed E-state index contributed by atoms with van der Waals surface area (Å²) < 4.78 is 32.7. The smallest absolute Gasteiger partial charge is 0.162 e. The molecule has 0 saturated carbocycles. The monoisotopic (exact) mass is 293 g/mol. The molecule has 0 spiro atoms. The number of benzene rings is 1. The van der Waals surface area contributed by atoms with Crippen molar-refractivity contribution in [2.24, 2.45) is 0 Å². The van der Waals surface area contributed by atoms with Crippen molar-refractivity contribution >= 4 is 0 Å². The van der Waals surface area contributed by atoms with E-state index in [2.05, 4.69) is 12.2 Å². The fourth-order valence-corrected chi connectivity index (χ4v) is 2.49. The highest BCUT2D eigenvalue weighted by atomic mass is 19.2. The molecule has 2 rings (SSSR count). The second-order valence-corrected chi connectivity index (χ2v) is 5.08. The van der Waals surface area contributed by atoms with Crippen LogP contribution in [0.25, 0.3) is 0 Å². The molecule has 0 aliphatic carbocycles. The predicted molar refractivity (Wildman–Crippen MR) is 79.2 cm³/mol. The van der Waals surface area contributed by atoms with Gasteiger partial charge in [0.1, 0.15) is 5.76 Å². The summed E-state index contributed by atoms with van der Waals surface area (Å²) in [7, 11) is 0. The number of aryl methyl sites for hydroxylation is 1. The summed E-state index contributed by atoms with van der Waals surface area (Å²) in [5, 5.41) is 3.39. The standard InChI is InChI=1S/C17H21F2NO/c1-3-9-20-15(13-8-10-21-16(13)4-2)11-12-6-5-7-14(18)17(12)19/h5-8,10,15,20H,3-4,9,11H2,1-2H3. The van der Waals surface area contributed by atoms with Gasteiger partial charge < -0.3 is 9.73 Å². The lowest BCUT2D eigenvalue weighted by Crippen LogP contribution is -2.25. The molecule has 1 atom stereocenters. The molecular weight excluding hydrogens is 272 g/mol. The minimum Gasteiger partial charge on any atom is -0.469 e. The Labute approximate surface area is 124 Å². The lowest BCUT2D eigenvalue weighted by molar-refractivity contribution is 0.464. The van der Waals surface area contributed by atoms with E-state index in [0.29, 0.717) is 12.0 Å². The zero-order chi connectivity index (χ0) is 15.2. The van der Waals surface area contributed by atoms with Crippen LogP contribution in [0.1, 0.15) is 43.2 Å². The van der Waals surface area contributed by atoms with Gasteiger partial charge in [-0.2, -0.15) is 0 Å². The van der Waals surface area contributed by atoms with E-state index in [0.717, 1.165) is 36.8 Å². The van der Waals surface area contributed by atoms with Gasteiger partial charge in [-0.15, -0.1) is 0 Å². The number of rotatable bonds is 7. The van der Waals surface area contributed by atoms with Crippen LogP contribution >= 0.6 is 0 Å². The Bertz CT molecular complexity index is 580. The van der Waals surface area contributed by atoms with E-state index in [9.17, 15) is 8.78 Å². The maximum absolute atomic E-state index is 13.9. The van der Waals surface area contributed by atoms with Crippen molar-refractivity contribution in [3.05, 3.63) is 59.1 Å². The first-order valence-electron chi connectivity index (χ1n) is 7.39. The van der Waals surface area contributed by atoms with Crippen LogP contribution in [0.4, 0.5) is 8.78 Å². The number of hydrogen-bond donors (Lipinski definition) is 1. The van der Waals surface area contributed by atoms with Gasteiger partial charge in [0.2, 0.25) is 0 Å². The summed E-state index contributed by atoms with van der Waals surface area (Å²) in [5.74, 6) is -0.674. The summed E-state index contributed by atoms with van der Waals surface area (Å²) >= 11 is 0. The van der Waals surface area contributed by atoms with Gasteiger partial charge in [0, 0.05) is 18.0 Å². The van der Waals surface area contributed by atoms with Crippen LogP contribution in [0.2, 0.25) is 0 Å². The number of halogens is 2. The molecule has 4 heteroatoms. The molecule has 1 N–H and O–H groups in total. The predicted octanol–water partition coefficient (Wildman–Crippen LogP) is 4.40. The highest BCUT2D eigenvalue weighted by molar-refractivity contribution is 5.27. The van der Waals surface area contributed by atoms with Crippen LogP contribution in [0.15, 0.2) is 34.9 Å². The zero-order valence-corrected chi connectivity index (χ0v) is 12.5. The Morgan fingerprint density at radius 2 is 2.00 bits per heavy atom. The van der Waals surface area contributed by atoms with E-state index in [1.807, 2.05) is 13.0 Å². The Balaban J connectivity index is 2.26. The summed E-state index contributed by atoms with van der Waals surface area (Å²) in [4.78, 5) is 0. The fourth-order valence-electron chi connectivity index (χ4n) is 2.49. The molecule has 1 aromatic carbocycles. The Kier molecular flexibility index (Phi) is 5.51. The van der Waals surface area contributed by atoms with Crippen LogP contribution < -0.4 is 5.32 Å². The molecule has 0 fully saturated rings. The molecule has 21 heavy (non-hydrogen) atoms. The van der Waals surface area contributed by atoms with Gasteiger partial charge >= 0.3 is 0 Å². The van der Waals surface area contributed by atoms with E-state index in [1.165, 1.54) is 0 Å². The Morgan fingerprint density at radius 3 is 2.71 bits per heavy atom. The maximum atomic E-state index is 13.9. The van der Waals surface area contributed by atoms with E-state index >= 15 is 0 Å². The minimum atomic E-state index is -0.801. The molecule has 0 aliphatic heterocycles. The minimum absolute atomic E-state index is 0.0741.